The molecule has 6 heteroatoms. The van der Waals surface area contributed by atoms with Crippen molar-refractivity contribution in [3.05, 3.63) is 60.8 Å². The molecule has 0 rings (SSSR count). The first-order valence-electron chi connectivity index (χ1n) is 34.3. The van der Waals surface area contributed by atoms with Crippen LogP contribution in [-0.2, 0) is 28.6 Å². The zero-order valence-corrected chi connectivity index (χ0v) is 52.2. The standard InChI is InChI=1S/C72H130O6/c1-4-7-10-13-16-19-22-25-28-31-33-34-35-36-37-38-40-41-44-47-50-53-56-59-62-65-71(74)77-68-69(67-76-70(73)64-61-58-55-52-49-46-43-30-27-24-21-18-15-12-9-6-3)78-72(75)66-63-60-57-54-51-48-45-42-39-32-29-26-23-20-17-14-11-8-5-2/h7,10,16,19,25,28,30,33-34,43,69H,4-6,8-9,11-15,17-18,20-24,26-27,29,31-32,35-42,44-68H2,1-3H3/b10-7-,19-16-,28-25-,34-33-,43-30-. The van der Waals surface area contributed by atoms with Crippen LogP contribution in [0, 0.1) is 0 Å². The number of carbonyl (C=O) groups excluding carboxylic acids is 3. The maximum atomic E-state index is 12.9. The summed E-state index contributed by atoms with van der Waals surface area (Å²) in [5.74, 6) is -0.859. The van der Waals surface area contributed by atoms with Crippen LogP contribution in [0.4, 0.5) is 0 Å². The van der Waals surface area contributed by atoms with E-state index in [-0.39, 0.29) is 31.1 Å². The van der Waals surface area contributed by atoms with Crippen molar-refractivity contribution in [1.29, 1.82) is 0 Å². The summed E-state index contributed by atoms with van der Waals surface area (Å²) >= 11 is 0. The number of ether oxygens (including phenoxy) is 3. The molecule has 0 heterocycles. The van der Waals surface area contributed by atoms with Crippen molar-refractivity contribution in [3.8, 4) is 0 Å². The van der Waals surface area contributed by atoms with E-state index in [0.29, 0.717) is 19.3 Å². The zero-order valence-electron chi connectivity index (χ0n) is 52.2. The number of unbranched alkanes of at least 4 members (excludes halogenated alkanes) is 42. The van der Waals surface area contributed by atoms with E-state index in [4.69, 9.17) is 14.2 Å². The molecule has 0 radical (unpaired) electrons. The predicted octanol–water partition coefficient (Wildman–Crippen LogP) is 23.5. The number of hydrogen-bond acceptors (Lipinski definition) is 6. The summed E-state index contributed by atoms with van der Waals surface area (Å²) in [5.41, 5.74) is 0. The van der Waals surface area contributed by atoms with Crippen molar-refractivity contribution < 1.29 is 28.6 Å². The normalized spacial score (nSPS) is 12.4. The second-order valence-electron chi connectivity index (χ2n) is 23.1. The van der Waals surface area contributed by atoms with Gasteiger partial charge >= 0.3 is 17.9 Å². The van der Waals surface area contributed by atoms with E-state index in [2.05, 4.69) is 81.5 Å². The fraction of sp³-hybridized carbons (Fsp3) is 0.819. The second-order valence-corrected chi connectivity index (χ2v) is 23.1. The predicted molar refractivity (Wildman–Crippen MR) is 339 cm³/mol. The van der Waals surface area contributed by atoms with Gasteiger partial charge in [-0.1, -0.05) is 319 Å². The Kier molecular flexibility index (Phi) is 64.2. The van der Waals surface area contributed by atoms with E-state index in [1.54, 1.807) is 0 Å². The lowest BCUT2D eigenvalue weighted by Crippen LogP contribution is -2.30. The largest absolute Gasteiger partial charge is 0.462 e. The van der Waals surface area contributed by atoms with Gasteiger partial charge in [0.1, 0.15) is 13.2 Å². The maximum absolute atomic E-state index is 12.9. The Balaban J connectivity index is 4.31. The lowest BCUT2D eigenvalue weighted by atomic mass is 10.0. The second kappa shape index (κ2) is 66.6. The minimum Gasteiger partial charge on any atom is -0.462 e. The van der Waals surface area contributed by atoms with Crippen molar-refractivity contribution >= 4 is 17.9 Å². The molecule has 0 aromatic rings. The van der Waals surface area contributed by atoms with Crippen molar-refractivity contribution in [3.63, 3.8) is 0 Å². The molecule has 0 amide bonds. The summed E-state index contributed by atoms with van der Waals surface area (Å²) in [5, 5.41) is 0. The third-order valence-electron chi connectivity index (χ3n) is 15.3. The highest BCUT2D eigenvalue weighted by Crippen LogP contribution is 2.18. The van der Waals surface area contributed by atoms with E-state index in [0.717, 1.165) is 89.9 Å². The molecule has 0 aliphatic heterocycles. The fourth-order valence-corrected chi connectivity index (χ4v) is 10.1. The Morgan fingerprint density at radius 1 is 0.269 bits per heavy atom. The van der Waals surface area contributed by atoms with E-state index in [1.165, 1.54) is 231 Å². The minimum absolute atomic E-state index is 0.0736. The highest BCUT2D eigenvalue weighted by molar-refractivity contribution is 5.71. The van der Waals surface area contributed by atoms with Gasteiger partial charge in [-0.25, -0.2) is 0 Å². The average Bonchev–Trinajstić information content (AvgIpc) is 3.44. The van der Waals surface area contributed by atoms with Crippen LogP contribution < -0.4 is 0 Å². The van der Waals surface area contributed by atoms with E-state index >= 15 is 0 Å². The Hall–Kier alpha value is -2.89. The van der Waals surface area contributed by atoms with Crippen LogP contribution >= 0.6 is 0 Å². The molecule has 6 nitrogen and oxygen atoms in total. The van der Waals surface area contributed by atoms with Crippen LogP contribution in [0.25, 0.3) is 0 Å². The maximum Gasteiger partial charge on any atom is 0.306 e. The van der Waals surface area contributed by atoms with Gasteiger partial charge in [-0.3, -0.25) is 14.4 Å². The van der Waals surface area contributed by atoms with Gasteiger partial charge in [-0.15, -0.1) is 0 Å². The molecule has 0 aromatic carbocycles. The van der Waals surface area contributed by atoms with Gasteiger partial charge in [-0.05, 0) is 83.5 Å². The molecule has 1 atom stereocenters. The molecule has 78 heavy (non-hydrogen) atoms. The van der Waals surface area contributed by atoms with Crippen LogP contribution in [0.1, 0.15) is 361 Å². The molecule has 1 unspecified atom stereocenters. The molecule has 0 aromatic heterocycles. The summed E-state index contributed by atoms with van der Waals surface area (Å²) in [6.45, 7) is 6.58. The Labute approximate surface area is 485 Å². The molecule has 0 fully saturated rings. The SMILES string of the molecule is CC/C=C\C/C=C\C/C=C\C/C=C\CCCCCCCCCCCCCCC(=O)OCC(COC(=O)CCCCCCC/C=C\CCCCCCCCC)OC(=O)CCCCCCCCCCCCCCCCCCCCC. The van der Waals surface area contributed by atoms with Crippen LogP contribution in [-0.4, -0.2) is 37.2 Å². The molecule has 0 saturated carbocycles. The smallest absolute Gasteiger partial charge is 0.306 e. The first-order chi connectivity index (χ1) is 38.5. The van der Waals surface area contributed by atoms with Crippen molar-refractivity contribution in [1.82, 2.24) is 0 Å². The van der Waals surface area contributed by atoms with Crippen molar-refractivity contribution in [2.75, 3.05) is 13.2 Å². The quantitative estimate of drug-likeness (QED) is 0.0261. The van der Waals surface area contributed by atoms with Crippen molar-refractivity contribution in [2.24, 2.45) is 0 Å². The first-order valence-corrected chi connectivity index (χ1v) is 34.3. The third kappa shape index (κ3) is 63.9. The molecule has 0 aliphatic rings. The molecular formula is C72H130O6. The summed E-state index contributed by atoms with van der Waals surface area (Å²) in [7, 11) is 0. The Morgan fingerprint density at radius 2 is 0.500 bits per heavy atom. The molecule has 0 spiro atoms. The molecule has 0 aliphatic carbocycles. The topological polar surface area (TPSA) is 78.9 Å². The van der Waals surface area contributed by atoms with Crippen LogP contribution in [0.3, 0.4) is 0 Å². The molecule has 454 valence electrons. The molecule has 0 N–H and O–H groups in total. The fourth-order valence-electron chi connectivity index (χ4n) is 10.1. The lowest BCUT2D eigenvalue weighted by molar-refractivity contribution is -0.167. The summed E-state index contributed by atoms with van der Waals surface area (Å²) in [4.78, 5) is 38.4. The van der Waals surface area contributed by atoms with E-state index in [9.17, 15) is 14.4 Å². The summed E-state index contributed by atoms with van der Waals surface area (Å²) in [6.07, 6.45) is 85.2. The van der Waals surface area contributed by atoms with Crippen LogP contribution in [0.5, 0.6) is 0 Å². The van der Waals surface area contributed by atoms with Gasteiger partial charge in [0.2, 0.25) is 0 Å². The first kappa shape index (κ1) is 75.1. The van der Waals surface area contributed by atoms with Crippen molar-refractivity contribution in [2.45, 2.75) is 367 Å². The van der Waals surface area contributed by atoms with E-state index < -0.39 is 6.10 Å². The lowest BCUT2D eigenvalue weighted by Gasteiger charge is -2.18. The number of esters is 3. The number of rotatable bonds is 63. The van der Waals surface area contributed by atoms with Gasteiger partial charge in [-0.2, -0.15) is 0 Å². The number of allylic oxidation sites excluding steroid dienone is 10. The summed E-state index contributed by atoms with van der Waals surface area (Å²) < 4.78 is 17.0. The monoisotopic (exact) mass is 1090 g/mol. The number of carbonyl (C=O) groups is 3. The average molecular weight is 1090 g/mol. The van der Waals surface area contributed by atoms with Crippen LogP contribution in [0.2, 0.25) is 0 Å². The zero-order chi connectivity index (χ0) is 56.4. The van der Waals surface area contributed by atoms with Gasteiger partial charge in [0.05, 0.1) is 0 Å². The molecule has 0 bridgehead atoms. The van der Waals surface area contributed by atoms with Gasteiger partial charge < -0.3 is 14.2 Å². The molecular weight excluding hydrogens is 961 g/mol. The summed E-state index contributed by atoms with van der Waals surface area (Å²) in [6, 6.07) is 0. The van der Waals surface area contributed by atoms with Gasteiger partial charge in [0.15, 0.2) is 6.10 Å². The van der Waals surface area contributed by atoms with Crippen LogP contribution in [0.15, 0.2) is 60.8 Å². The third-order valence-corrected chi connectivity index (χ3v) is 15.3. The minimum atomic E-state index is -0.777. The number of hydrogen-bond donors (Lipinski definition) is 0. The van der Waals surface area contributed by atoms with Gasteiger partial charge in [0.25, 0.3) is 0 Å². The Morgan fingerprint density at radius 3 is 0.795 bits per heavy atom. The highest BCUT2D eigenvalue weighted by Gasteiger charge is 2.19. The highest BCUT2D eigenvalue weighted by atomic mass is 16.6. The van der Waals surface area contributed by atoms with Gasteiger partial charge in [0, 0.05) is 19.3 Å². The molecule has 0 saturated heterocycles. The Bertz CT molecular complexity index is 1390. The van der Waals surface area contributed by atoms with E-state index in [1.807, 2.05) is 0 Å².